The number of hydrogen-bond donors (Lipinski definition) is 0. The topological polar surface area (TPSA) is 35.5 Å². The van der Waals surface area contributed by atoms with Gasteiger partial charge in [-0.3, -0.25) is 4.79 Å². The van der Waals surface area contributed by atoms with Crippen LogP contribution in [0, 0.1) is 0 Å². The Hall–Kier alpha value is -1.51. The molecule has 0 heterocycles. The van der Waals surface area contributed by atoms with Crippen LogP contribution in [0.4, 0.5) is 0 Å². The predicted molar refractivity (Wildman–Crippen MR) is 62.7 cm³/mol. The van der Waals surface area contributed by atoms with Crippen molar-refractivity contribution in [3.8, 4) is 5.75 Å². The van der Waals surface area contributed by atoms with Crippen molar-refractivity contribution in [3.05, 3.63) is 29.8 Å². The Balaban J connectivity index is 2.65. The number of esters is 1. The van der Waals surface area contributed by atoms with Gasteiger partial charge in [-0.05, 0) is 6.07 Å². The first-order valence-corrected chi connectivity index (χ1v) is 5.47. The van der Waals surface area contributed by atoms with Crippen molar-refractivity contribution >= 4 is 5.97 Å². The maximum atomic E-state index is 11.0. The van der Waals surface area contributed by atoms with Gasteiger partial charge in [-0.2, -0.15) is 0 Å². The minimum absolute atomic E-state index is 0.145. The van der Waals surface area contributed by atoms with Crippen LogP contribution >= 0.6 is 0 Å². The van der Waals surface area contributed by atoms with Crippen molar-refractivity contribution in [1.29, 1.82) is 0 Å². The molecule has 0 bridgehead atoms. The van der Waals surface area contributed by atoms with E-state index in [1.807, 2.05) is 31.2 Å². The average molecular weight is 222 g/mol. The number of benzene rings is 1. The number of carbonyl (C=O) groups is 1. The number of carbonyl (C=O) groups excluding carboxylic acids is 1. The highest BCUT2D eigenvalue weighted by molar-refractivity contribution is 5.68. The summed E-state index contributed by atoms with van der Waals surface area (Å²) in [5, 5.41) is 0. The molecule has 16 heavy (non-hydrogen) atoms. The van der Waals surface area contributed by atoms with E-state index < -0.39 is 0 Å². The molecule has 0 radical (unpaired) electrons. The second-order valence-electron chi connectivity index (χ2n) is 3.68. The molecule has 1 rings (SSSR count). The molecule has 0 saturated carbocycles. The van der Waals surface area contributed by atoms with Crippen molar-refractivity contribution in [1.82, 2.24) is 0 Å². The van der Waals surface area contributed by atoms with Gasteiger partial charge >= 0.3 is 5.97 Å². The van der Waals surface area contributed by atoms with Gasteiger partial charge in [0.05, 0.1) is 13.7 Å². The maximum Gasteiger partial charge on any atom is 0.305 e. The smallest absolute Gasteiger partial charge is 0.305 e. The highest BCUT2D eigenvalue weighted by atomic mass is 16.5. The largest absolute Gasteiger partial charge is 0.496 e. The highest BCUT2D eigenvalue weighted by Crippen LogP contribution is 2.26. The Labute approximate surface area is 96.4 Å². The van der Waals surface area contributed by atoms with Crippen LogP contribution in [-0.2, 0) is 9.53 Å². The third-order valence-electron chi connectivity index (χ3n) is 2.45. The molecule has 1 aromatic rings. The molecule has 0 spiro atoms. The second-order valence-corrected chi connectivity index (χ2v) is 3.68. The highest BCUT2D eigenvalue weighted by Gasteiger charge is 2.12. The standard InChI is InChI=1S/C13H18O3/c1-4-13(14)16-9-10(2)11-7-5-6-8-12(11)15-3/h5-8,10H,4,9H2,1-3H3. The van der Waals surface area contributed by atoms with Crippen LogP contribution in [0.3, 0.4) is 0 Å². The summed E-state index contributed by atoms with van der Waals surface area (Å²) in [5.74, 6) is 0.816. The van der Waals surface area contributed by atoms with Gasteiger partial charge in [0.2, 0.25) is 0 Å². The lowest BCUT2D eigenvalue weighted by Gasteiger charge is -2.15. The first-order chi connectivity index (χ1) is 7.69. The van der Waals surface area contributed by atoms with E-state index in [4.69, 9.17) is 9.47 Å². The van der Waals surface area contributed by atoms with Crippen LogP contribution in [0.25, 0.3) is 0 Å². The van der Waals surface area contributed by atoms with Gasteiger partial charge in [-0.1, -0.05) is 32.0 Å². The van der Waals surface area contributed by atoms with Crippen LogP contribution in [0.5, 0.6) is 5.75 Å². The molecule has 88 valence electrons. The van der Waals surface area contributed by atoms with Crippen molar-refractivity contribution in [3.63, 3.8) is 0 Å². The molecule has 0 aliphatic carbocycles. The number of para-hydroxylation sites is 1. The van der Waals surface area contributed by atoms with Gasteiger partial charge in [-0.15, -0.1) is 0 Å². The Morgan fingerprint density at radius 2 is 2.06 bits per heavy atom. The summed E-state index contributed by atoms with van der Waals surface area (Å²) in [6, 6.07) is 7.78. The van der Waals surface area contributed by atoms with E-state index in [1.165, 1.54) is 0 Å². The SMILES string of the molecule is CCC(=O)OCC(C)c1ccccc1OC. The molecule has 0 amide bonds. The summed E-state index contributed by atoms with van der Waals surface area (Å²) in [4.78, 5) is 11.0. The van der Waals surface area contributed by atoms with Crippen molar-refractivity contribution in [2.24, 2.45) is 0 Å². The van der Waals surface area contributed by atoms with Crippen LogP contribution < -0.4 is 4.74 Å². The molecule has 1 atom stereocenters. The van der Waals surface area contributed by atoms with Crippen LogP contribution in [0.1, 0.15) is 31.7 Å². The number of ether oxygens (including phenoxy) is 2. The quantitative estimate of drug-likeness (QED) is 0.719. The second kappa shape index (κ2) is 6.16. The number of hydrogen-bond acceptors (Lipinski definition) is 3. The zero-order valence-electron chi connectivity index (χ0n) is 10.0. The molecule has 1 aromatic carbocycles. The average Bonchev–Trinajstić information content (AvgIpc) is 2.35. The third kappa shape index (κ3) is 3.26. The van der Waals surface area contributed by atoms with Crippen LogP contribution in [0.2, 0.25) is 0 Å². The third-order valence-corrected chi connectivity index (χ3v) is 2.45. The van der Waals surface area contributed by atoms with Gasteiger partial charge in [-0.25, -0.2) is 0 Å². The lowest BCUT2D eigenvalue weighted by molar-refractivity contribution is -0.143. The van der Waals surface area contributed by atoms with Crippen molar-refractivity contribution in [2.75, 3.05) is 13.7 Å². The fraction of sp³-hybridized carbons (Fsp3) is 0.462. The molecule has 0 N–H and O–H groups in total. The zero-order valence-corrected chi connectivity index (χ0v) is 10.0. The fourth-order valence-corrected chi connectivity index (χ4v) is 1.48. The summed E-state index contributed by atoms with van der Waals surface area (Å²) >= 11 is 0. The normalized spacial score (nSPS) is 11.9. The monoisotopic (exact) mass is 222 g/mol. The van der Waals surface area contributed by atoms with Crippen molar-refractivity contribution < 1.29 is 14.3 Å². The Bertz CT molecular complexity index is 347. The van der Waals surface area contributed by atoms with Crippen LogP contribution in [0.15, 0.2) is 24.3 Å². The van der Waals surface area contributed by atoms with Gasteiger partial charge in [0, 0.05) is 17.9 Å². The van der Waals surface area contributed by atoms with E-state index >= 15 is 0 Å². The van der Waals surface area contributed by atoms with E-state index in [-0.39, 0.29) is 11.9 Å². The summed E-state index contributed by atoms with van der Waals surface area (Å²) in [5.41, 5.74) is 1.06. The Kier molecular flexibility index (Phi) is 4.83. The fourth-order valence-electron chi connectivity index (χ4n) is 1.48. The molecule has 0 fully saturated rings. The first-order valence-electron chi connectivity index (χ1n) is 5.47. The Morgan fingerprint density at radius 3 is 2.69 bits per heavy atom. The molecule has 3 nitrogen and oxygen atoms in total. The maximum absolute atomic E-state index is 11.0. The van der Waals surface area contributed by atoms with E-state index in [9.17, 15) is 4.79 Å². The minimum atomic E-state index is -0.165. The number of methoxy groups -OCH3 is 1. The summed E-state index contributed by atoms with van der Waals surface area (Å²) < 4.78 is 10.4. The van der Waals surface area contributed by atoms with E-state index in [2.05, 4.69) is 0 Å². The molecular formula is C13H18O3. The lowest BCUT2D eigenvalue weighted by Crippen LogP contribution is -2.10. The molecule has 3 heteroatoms. The van der Waals surface area contributed by atoms with E-state index in [0.29, 0.717) is 13.0 Å². The molecule has 0 aliphatic heterocycles. The van der Waals surface area contributed by atoms with Gasteiger partial charge in [0.1, 0.15) is 5.75 Å². The first kappa shape index (κ1) is 12.6. The minimum Gasteiger partial charge on any atom is -0.496 e. The molecule has 0 aliphatic rings. The summed E-state index contributed by atoms with van der Waals surface area (Å²) in [7, 11) is 1.64. The zero-order chi connectivity index (χ0) is 12.0. The van der Waals surface area contributed by atoms with Crippen molar-refractivity contribution in [2.45, 2.75) is 26.2 Å². The van der Waals surface area contributed by atoms with Gasteiger partial charge in [0.15, 0.2) is 0 Å². The summed E-state index contributed by atoms with van der Waals surface area (Å²) in [6.45, 7) is 4.20. The van der Waals surface area contributed by atoms with E-state index in [1.54, 1.807) is 14.0 Å². The van der Waals surface area contributed by atoms with E-state index in [0.717, 1.165) is 11.3 Å². The molecular weight excluding hydrogens is 204 g/mol. The van der Waals surface area contributed by atoms with Gasteiger partial charge < -0.3 is 9.47 Å². The molecule has 1 unspecified atom stereocenters. The Morgan fingerprint density at radius 1 is 1.38 bits per heavy atom. The van der Waals surface area contributed by atoms with Crippen LogP contribution in [-0.4, -0.2) is 19.7 Å². The summed E-state index contributed by atoms with van der Waals surface area (Å²) in [6.07, 6.45) is 0.415. The lowest BCUT2D eigenvalue weighted by atomic mass is 10.0. The molecule has 0 saturated heterocycles. The number of rotatable bonds is 5. The van der Waals surface area contributed by atoms with Gasteiger partial charge in [0.25, 0.3) is 0 Å². The predicted octanol–water partition coefficient (Wildman–Crippen LogP) is 2.75. The molecule has 0 aromatic heterocycles.